The zero-order chi connectivity index (χ0) is 78.5. The van der Waals surface area contributed by atoms with Crippen LogP contribution in [-0.4, -0.2) is 94.7 Å². The zero-order valence-corrected chi connectivity index (χ0v) is 62.7. The molecule has 540 valence electrons. The topological polar surface area (TPSA) is 245 Å². The van der Waals surface area contributed by atoms with Gasteiger partial charge in [-0.3, -0.25) is 39.9 Å². The van der Waals surface area contributed by atoms with Crippen molar-refractivity contribution < 1.29 is 0 Å². The van der Waals surface area contributed by atoms with E-state index in [2.05, 4.69) is 188 Å². The van der Waals surface area contributed by atoms with Crippen molar-refractivity contribution in [2.45, 2.75) is 0 Å². The number of nitrogens with zero attached hydrogens (tertiary/aromatic N) is 19. The molecule has 13 heterocycles. The Bertz CT molecular complexity index is 6120. The molecule has 114 heavy (non-hydrogen) atoms. The lowest BCUT2D eigenvalue weighted by atomic mass is 10.1. The van der Waals surface area contributed by atoms with Gasteiger partial charge in [0.2, 0.25) is 29.1 Å². The summed E-state index contributed by atoms with van der Waals surface area (Å²) in [5.74, 6) is 37.8. The van der Waals surface area contributed by atoms with E-state index in [9.17, 15) is 0 Å². The Kier molecular flexibility index (Phi) is 31.0. The molecule has 0 radical (unpaired) electrons. The van der Waals surface area contributed by atoms with Crippen LogP contribution in [0.2, 0.25) is 5.02 Å². The van der Waals surface area contributed by atoms with Crippen molar-refractivity contribution >= 4 is 45.8 Å². The Morgan fingerprint density at radius 2 is 0.614 bits per heavy atom. The molecule has 0 fully saturated rings. The molecule has 13 aromatic heterocycles. The van der Waals surface area contributed by atoms with Crippen LogP contribution in [0, 0.1) is 71.0 Å². The molecule has 0 aliphatic rings. The van der Waals surface area contributed by atoms with Gasteiger partial charge in [0.25, 0.3) is 0 Å². The van der Waals surface area contributed by atoms with E-state index in [1.807, 2.05) is 176 Å². The number of pyridine rings is 7. The van der Waals surface area contributed by atoms with Gasteiger partial charge in [-0.2, -0.15) is 0 Å². The van der Waals surface area contributed by atoms with Crippen LogP contribution in [0.15, 0.2) is 342 Å². The molecular formula is C93H59BrClN19. The first kappa shape index (κ1) is 78.9. The number of rotatable bonds is 6. The van der Waals surface area contributed by atoms with Crippen LogP contribution in [0.4, 0.5) is 0 Å². The van der Waals surface area contributed by atoms with Crippen LogP contribution >= 0.6 is 27.5 Å². The summed E-state index contributed by atoms with van der Waals surface area (Å²) in [6.45, 7) is 3.63. The summed E-state index contributed by atoms with van der Waals surface area (Å²) in [5.41, 5.74) is 14.6. The monoisotopic (exact) mass is 1560 g/mol. The third kappa shape index (κ3) is 28.2. The van der Waals surface area contributed by atoms with Gasteiger partial charge in [0, 0.05) is 233 Å². The van der Waals surface area contributed by atoms with Crippen LogP contribution in [0.1, 0.15) is 84.9 Å². The van der Waals surface area contributed by atoms with Crippen molar-refractivity contribution in [3.63, 3.8) is 0 Å². The highest BCUT2D eigenvalue weighted by atomic mass is 79.9. The molecule has 0 atom stereocenters. The van der Waals surface area contributed by atoms with Gasteiger partial charge in [-0.1, -0.05) is 151 Å². The summed E-state index contributed by atoms with van der Waals surface area (Å²) in [7, 11) is 0. The SMILES string of the molecule is Brc1cnc(C#Cc2cccnc2)nc1.C(#Cc1cnccn1)c1cncc(-c2cccnc2)c1.C(#Cc1ncc(-c2ccccc2)cn1)c1cccnc1.C(#Cc1ncc(/C=C/c2ccccc2)cn1)c1cccnc1.C=Cc1cnc(C#Cc2cccnc2)nc1.Clc1cccc(-c2cnc(C#Cc3cccnc3)nc2)c1. The van der Waals surface area contributed by atoms with E-state index in [1.165, 1.54) is 0 Å². The highest BCUT2D eigenvalue weighted by Gasteiger charge is 2.04. The second-order valence-electron chi connectivity index (χ2n) is 22.8. The minimum absolute atomic E-state index is 0.477. The Labute approximate surface area is 672 Å². The van der Waals surface area contributed by atoms with Crippen molar-refractivity contribution in [3.8, 4) is 104 Å². The Hall–Kier alpha value is -16.2. The molecule has 0 bridgehead atoms. The van der Waals surface area contributed by atoms with E-state index < -0.39 is 0 Å². The standard InChI is InChI=1S/C19H13N3.C17H10ClN3.C17H11N3.C16H10N4.C13H9N3.C11H6BrN3/c1-2-5-16(6-3-1)8-9-18-14-21-19(22-15-18)11-10-17-7-4-12-20-13-17;18-16-5-1-4-14(9-16)15-11-20-17(21-12-15)7-6-13-3-2-8-19-10-13;1-2-6-15(7-3-1)16-12-19-17(20-13-16)9-8-14-5-4-10-18-11-14;1-2-14(10-17-5-1)15-8-13(9-19-11-15)3-4-16-12-18-6-7-20-16;1-2-11-9-15-13(16-10-11)6-5-12-4-3-7-14-8-12;12-10-7-14-11(15-8-10)4-3-9-2-1-5-13-6-9/h1-9,12-15H;1-5,8-12H;1-7,10-13H;1-2,5-12H;2-4,7-10H,1H2;1-2,5-8H/b9-8+;;;;;. The van der Waals surface area contributed by atoms with Gasteiger partial charge in [0.15, 0.2) is 0 Å². The fourth-order valence-electron chi connectivity index (χ4n) is 9.04. The largest absolute Gasteiger partial charge is 0.264 e. The van der Waals surface area contributed by atoms with Crippen LogP contribution in [-0.2, 0) is 0 Å². The normalized spacial score (nSPS) is 9.60. The van der Waals surface area contributed by atoms with Crippen molar-refractivity contribution in [1.82, 2.24) is 94.7 Å². The summed E-state index contributed by atoms with van der Waals surface area (Å²) in [5, 5.41) is 0.688. The molecule has 21 heteroatoms. The van der Waals surface area contributed by atoms with Crippen LogP contribution in [0.3, 0.4) is 0 Å². The maximum absolute atomic E-state index is 5.97. The van der Waals surface area contributed by atoms with Gasteiger partial charge in [0.05, 0.1) is 10.7 Å². The average Bonchev–Trinajstić information content (AvgIpc) is 0.869. The van der Waals surface area contributed by atoms with Crippen molar-refractivity contribution in [2.75, 3.05) is 0 Å². The van der Waals surface area contributed by atoms with E-state index >= 15 is 0 Å². The molecule has 19 nitrogen and oxygen atoms in total. The minimum Gasteiger partial charge on any atom is -0.264 e. The fourth-order valence-corrected chi connectivity index (χ4v) is 9.43. The van der Waals surface area contributed by atoms with E-state index in [4.69, 9.17) is 11.6 Å². The van der Waals surface area contributed by atoms with Gasteiger partial charge in [-0.05, 0) is 153 Å². The second kappa shape index (κ2) is 44.8. The van der Waals surface area contributed by atoms with Crippen LogP contribution in [0.25, 0.3) is 51.6 Å². The van der Waals surface area contributed by atoms with E-state index in [0.29, 0.717) is 39.8 Å². The number of aromatic nitrogens is 19. The molecule has 0 unspecified atom stereocenters. The third-order valence-electron chi connectivity index (χ3n) is 14.6. The van der Waals surface area contributed by atoms with Crippen molar-refractivity contribution in [1.29, 1.82) is 0 Å². The summed E-state index contributed by atoms with van der Waals surface area (Å²) in [4.78, 5) is 78.1. The highest BCUT2D eigenvalue weighted by molar-refractivity contribution is 9.10. The first-order chi connectivity index (χ1) is 56.3. The quantitative estimate of drug-likeness (QED) is 0.140. The van der Waals surface area contributed by atoms with Gasteiger partial charge < -0.3 is 0 Å². The molecule has 0 spiro atoms. The van der Waals surface area contributed by atoms with E-state index in [-0.39, 0.29) is 0 Å². The zero-order valence-electron chi connectivity index (χ0n) is 60.4. The second-order valence-corrected chi connectivity index (χ2v) is 24.2. The third-order valence-corrected chi connectivity index (χ3v) is 15.2. The lowest BCUT2D eigenvalue weighted by Gasteiger charge is -2.00. The minimum atomic E-state index is 0.477. The van der Waals surface area contributed by atoms with Crippen molar-refractivity contribution in [3.05, 3.63) is 432 Å². The summed E-state index contributed by atoms with van der Waals surface area (Å²) < 4.78 is 0.842. The predicted octanol–water partition coefficient (Wildman–Crippen LogP) is 16.3. The summed E-state index contributed by atoms with van der Waals surface area (Å²) in [6.07, 6.45) is 52.0. The van der Waals surface area contributed by atoms with E-state index in [1.54, 1.807) is 173 Å². The van der Waals surface area contributed by atoms with Gasteiger partial charge >= 0.3 is 0 Å². The number of benzene rings is 3. The van der Waals surface area contributed by atoms with Crippen molar-refractivity contribution in [2.24, 2.45) is 0 Å². The molecule has 3 aromatic carbocycles. The lowest BCUT2D eigenvalue weighted by Crippen LogP contribution is -1.89. The molecule has 0 aliphatic carbocycles. The fraction of sp³-hybridized carbons (Fsp3) is 0. The maximum Gasteiger partial charge on any atom is 0.205 e. The molecule has 0 aliphatic heterocycles. The first-order valence-corrected chi connectivity index (χ1v) is 35.6. The molecule has 0 saturated carbocycles. The average molecular weight is 1560 g/mol. The highest BCUT2D eigenvalue weighted by Crippen LogP contribution is 2.22. The first-order valence-electron chi connectivity index (χ1n) is 34.4. The van der Waals surface area contributed by atoms with Gasteiger partial charge in [-0.25, -0.2) is 54.8 Å². The predicted molar refractivity (Wildman–Crippen MR) is 446 cm³/mol. The summed E-state index contributed by atoms with van der Waals surface area (Å²) >= 11 is 9.23. The van der Waals surface area contributed by atoms with Crippen LogP contribution < -0.4 is 0 Å². The molecule has 0 saturated heterocycles. The maximum atomic E-state index is 5.97. The molecule has 16 aromatic rings. The molecular weight excluding hydrogens is 1500 g/mol. The lowest BCUT2D eigenvalue weighted by molar-refractivity contribution is 1.11. The van der Waals surface area contributed by atoms with Gasteiger partial charge in [-0.15, -0.1) is 0 Å². The van der Waals surface area contributed by atoms with E-state index in [0.717, 1.165) is 87.9 Å². The molecule has 0 amide bonds. The Morgan fingerprint density at radius 1 is 0.246 bits per heavy atom. The number of hydrogen-bond acceptors (Lipinski definition) is 19. The molecule has 16 rings (SSSR count). The number of hydrogen-bond donors (Lipinski definition) is 0. The summed E-state index contributed by atoms with van der Waals surface area (Å²) in [6, 6.07) is 52.2. The Balaban J connectivity index is 0.000000136. The number of halogens is 2. The van der Waals surface area contributed by atoms with Crippen LogP contribution in [0.5, 0.6) is 0 Å². The smallest absolute Gasteiger partial charge is 0.205 e. The molecule has 0 N–H and O–H groups in total. The van der Waals surface area contributed by atoms with Gasteiger partial charge in [0.1, 0.15) is 5.69 Å². The Morgan fingerprint density at radius 3 is 1.04 bits per heavy atom.